The van der Waals surface area contributed by atoms with E-state index >= 15 is 0 Å². The van der Waals surface area contributed by atoms with Gasteiger partial charge in [0.2, 0.25) is 0 Å². The van der Waals surface area contributed by atoms with Gasteiger partial charge in [0.05, 0.1) is 6.54 Å². The normalized spacial score (nSPS) is 10.5. The molecule has 0 aliphatic carbocycles. The summed E-state index contributed by atoms with van der Waals surface area (Å²) in [6.45, 7) is 6.76. The van der Waals surface area contributed by atoms with Crippen LogP contribution in [0.2, 0.25) is 0 Å². The fraction of sp³-hybridized carbons (Fsp3) is 0.267. The van der Waals surface area contributed by atoms with Crippen LogP contribution in [0.5, 0.6) is 0 Å². The maximum absolute atomic E-state index is 11.8. The molecule has 1 aromatic carbocycles. The highest BCUT2D eigenvalue weighted by Gasteiger charge is 2.00. The molecule has 0 atom stereocenters. The van der Waals surface area contributed by atoms with Crippen LogP contribution in [0.25, 0.3) is 0 Å². The number of nitrogens with zero attached hydrogens (tertiary/aromatic N) is 1. The van der Waals surface area contributed by atoms with Gasteiger partial charge in [0.15, 0.2) is 0 Å². The third-order valence-corrected chi connectivity index (χ3v) is 3.08. The standard InChI is InChI=1S/C15H17NO/c1-11-6-7-16(15(17)8-11)10-14-5-4-12(2)13(3)9-14/h4-9H,10H2,1-3H3. The average molecular weight is 227 g/mol. The molecule has 2 nitrogen and oxygen atoms in total. The van der Waals surface area contributed by atoms with Gasteiger partial charge in [0, 0.05) is 12.3 Å². The van der Waals surface area contributed by atoms with Crippen molar-refractivity contribution in [2.75, 3.05) is 0 Å². The zero-order valence-corrected chi connectivity index (χ0v) is 10.5. The van der Waals surface area contributed by atoms with Crippen LogP contribution in [0.1, 0.15) is 22.3 Å². The van der Waals surface area contributed by atoms with E-state index < -0.39 is 0 Å². The van der Waals surface area contributed by atoms with Crippen molar-refractivity contribution in [3.8, 4) is 0 Å². The lowest BCUT2D eigenvalue weighted by atomic mass is 10.1. The number of hydrogen-bond donors (Lipinski definition) is 0. The van der Waals surface area contributed by atoms with Crippen molar-refractivity contribution in [2.24, 2.45) is 0 Å². The number of rotatable bonds is 2. The minimum atomic E-state index is 0.0585. The number of hydrogen-bond acceptors (Lipinski definition) is 1. The van der Waals surface area contributed by atoms with E-state index in [9.17, 15) is 4.79 Å². The molecule has 17 heavy (non-hydrogen) atoms. The Hall–Kier alpha value is -1.83. The summed E-state index contributed by atoms with van der Waals surface area (Å²) in [7, 11) is 0. The zero-order chi connectivity index (χ0) is 12.4. The second-order valence-corrected chi connectivity index (χ2v) is 4.59. The molecular formula is C15H17NO. The van der Waals surface area contributed by atoms with Crippen LogP contribution in [-0.4, -0.2) is 4.57 Å². The zero-order valence-electron chi connectivity index (χ0n) is 10.5. The minimum absolute atomic E-state index is 0.0585. The summed E-state index contributed by atoms with van der Waals surface area (Å²) in [6.07, 6.45) is 1.85. The highest BCUT2D eigenvalue weighted by molar-refractivity contribution is 5.30. The van der Waals surface area contributed by atoms with Gasteiger partial charge in [0.1, 0.15) is 0 Å². The van der Waals surface area contributed by atoms with E-state index in [0.29, 0.717) is 6.54 Å². The lowest BCUT2D eigenvalue weighted by Crippen LogP contribution is -2.19. The second kappa shape index (κ2) is 4.58. The average Bonchev–Trinajstić information content (AvgIpc) is 2.27. The Kier molecular flexibility index (Phi) is 3.14. The van der Waals surface area contributed by atoms with E-state index in [4.69, 9.17) is 0 Å². The summed E-state index contributed by atoms with van der Waals surface area (Å²) in [5.41, 5.74) is 4.78. The van der Waals surface area contributed by atoms with Gasteiger partial charge >= 0.3 is 0 Å². The van der Waals surface area contributed by atoms with Gasteiger partial charge in [-0.25, -0.2) is 0 Å². The molecule has 0 spiro atoms. The van der Waals surface area contributed by atoms with Gasteiger partial charge in [-0.1, -0.05) is 18.2 Å². The molecule has 2 rings (SSSR count). The maximum Gasteiger partial charge on any atom is 0.251 e. The molecule has 88 valence electrons. The first kappa shape index (κ1) is 11.6. The molecule has 0 N–H and O–H groups in total. The number of benzene rings is 1. The van der Waals surface area contributed by atoms with E-state index in [1.807, 2.05) is 19.2 Å². The molecule has 0 unspecified atom stereocenters. The highest BCUT2D eigenvalue weighted by Crippen LogP contribution is 2.10. The molecule has 0 bridgehead atoms. The lowest BCUT2D eigenvalue weighted by Gasteiger charge is -2.08. The van der Waals surface area contributed by atoms with Gasteiger partial charge in [-0.3, -0.25) is 4.79 Å². The van der Waals surface area contributed by atoms with Crippen molar-refractivity contribution in [1.29, 1.82) is 0 Å². The molecule has 1 aromatic heterocycles. The summed E-state index contributed by atoms with van der Waals surface area (Å²) in [6, 6.07) is 9.95. The van der Waals surface area contributed by atoms with Crippen molar-refractivity contribution in [1.82, 2.24) is 4.57 Å². The molecule has 0 radical (unpaired) electrons. The second-order valence-electron chi connectivity index (χ2n) is 4.59. The molecule has 0 saturated heterocycles. The topological polar surface area (TPSA) is 22.0 Å². The molecule has 2 heteroatoms. The first-order valence-electron chi connectivity index (χ1n) is 5.79. The van der Waals surface area contributed by atoms with Crippen molar-refractivity contribution < 1.29 is 0 Å². The van der Waals surface area contributed by atoms with Crippen LogP contribution in [0, 0.1) is 20.8 Å². The van der Waals surface area contributed by atoms with Crippen molar-refractivity contribution >= 4 is 0 Å². The van der Waals surface area contributed by atoms with E-state index in [2.05, 4.69) is 32.0 Å². The quantitative estimate of drug-likeness (QED) is 0.773. The first-order chi connectivity index (χ1) is 8.06. The Morgan fingerprint density at radius 1 is 1.00 bits per heavy atom. The van der Waals surface area contributed by atoms with Gasteiger partial charge in [-0.2, -0.15) is 0 Å². The molecule has 0 aliphatic heterocycles. The largest absolute Gasteiger partial charge is 0.311 e. The minimum Gasteiger partial charge on any atom is -0.311 e. The molecule has 2 aromatic rings. The number of aryl methyl sites for hydroxylation is 3. The van der Waals surface area contributed by atoms with Crippen LogP contribution >= 0.6 is 0 Å². The van der Waals surface area contributed by atoms with E-state index in [1.165, 1.54) is 16.7 Å². The van der Waals surface area contributed by atoms with Crippen molar-refractivity contribution in [2.45, 2.75) is 27.3 Å². The summed E-state index contributed by atoms with van der Waals surface area (Å²) in [4.78, 5) is 11.8. The Bertz CT molecular complexity index is 596. The van der Waals surface area contributed by atoms with E-state index in [-0.39, 0.29) is 5.56 Å². The van der Waals surface area contributed by atoms with Crippen LogP contribution in [0.15, 0.2) is 41.3 Å². The summed E-state index contributed by atoms with van der Waals surface area (Å²) < 4.78 is 1.73. The van der Waals surface area contributed by atoms with Crippen molar-refractivity contribution in [3.05, 3.63) is 69.1 Å². The predicted octanol–water partition coefficient (Wildman–Crippen LogP) is 2.82. The summed E-state index contributed by atoms with van der Waals surface area (Å²) >= 11 is 0. The Morgan fingerprint density at radius 3 is 2.41 bits per heavy atom. The molecule has 0 amide bonds. The van der Waals surface area contributed by atoms with Gasteiger partial charge in [0.25, 0.3) is 5.56 Å². The number of pyridine rings is 1. The molecule has 0 saturated carbocycles. The van der Waals surface area contributed by atoms with E-state index in [1.54, 1.807) is 10.6 Å². The monoisotopic (exact) mass is 227 g/mol. The van der Waals surface area contributed by atoms with Crippen LogP contribution < -0.4 is 5.56 Å². The highest BCUT2D eigenvalue weighted by atomic mass is 16.1. The van der Waals surface area contributed by atoms with Gasteiger partial charge in [-0.05, 0) is 49.1 Å². The van der Waals surface area contributed by atoms with E-state index in [0.717, 1.165) is 5.56 Å². The third-order valence-electron chi connectivity index (χ3n) is 3.08. The maximum atomic E-state index is 11.8. The first-order valence-corrected chi connectivity index (χ1v) is 5.79. The molecular weight excluding hydrogens is 210 g/mol. The lowest BCUT2D eigenvalue weighted by molar-refractivity contribution is 0.756. The predicted molar refractivity (Wildman–Crippen MR) is 70.5 cm³/mol. The Labute approximate surface area is 102 Å². The summed E-state index contributed by atoms with van der Waals surface area (Å²) in [5.74, 6) is 0. The smallest absolute Gasteiger partial charge is 0.251 e. The van der Waals surface area contributed by atoms with Crippen LogP contribution in [0.3, 0.4) is 0 Å². The van der Waals surface area contributed by atoms with Crippen molar-refractivity contribution in [3.63, 3.8) is 0 Å². The Balaban J connectivity index is 2.31. The van der Waals surface area contributed by atoms with Crippen LogP contribution in [0.4, 0.5) is 0 Å². The summed E-state index contributed by atoms with van der Waals surface area (Å²) in [5, 5.41) is 0. The molecule has 1 heterocycles. The molecule has 0 aliphatic rings. The SMILES string of the molecule is Cc1ccn(Cc2ccc(C)c(C)c2)c(=O)c1. The number of aromatic nitrogens is 1. The van der Waals surface area contributed by atoms with Gasteiger partial charge in [-0.15, -0.1) is 0 Å². The fourth-order valence-corrected chi connectivity index (χ4v) is 1.84. The van der Waals surface area contributed by atoms with Crippen LogP contribution in [-0.2, 0) is 6.54 Å². The molecule has 0 fully saturated rings. The Morgan fingerprint density at radius 2 is 1.76 bits per heavy atom. The van der Waals surface area contributed by atoms with Gasteiger partial charge < -0.3 is 4.57 Å². The third kappa shape index (κ3) is 2.64. The fourth-order valence-electron chi connectivity index (χ4n) is 1.84.